The van der Waals surface area contributed by atoms with Crippen molar-refractivity contribution in [2.24, 2.45) is 0 Å². The van der Waals surface area contributed by atoms with E-state index in [1.54, 1.807) is 12.1 Å². The molecule has 3 rings (SSSR count). The zero-order chi connectivity index (χ0) is 22.3. The summed E-state index contributed by atoms with van der Waals surface area (Å²) in [5, 5.41) is 2.77. The van der Waals surface area contributed by atoms with E-state index in [0.29, 0.717) is 6.42 Å². The standard InChI is InChI=1S/C25H26N2O3S/c1-3-18-25(21-10-6-4-7-11-21,22-12-8-5-9-13-22)19-26-24(28)27-31(29,30)23-16-14-20(2)15-17-23/h3-17H,1,18-19H2,2H3,(H2,26,27,28). The first-order valence-corrected chi connectivity index (χ1v) is 11.4. The molecule has 0 aromatic heterocycles. The van der Waals surface area contributed by atoms with E-state index in [1.165, 1.54) is 12.1 Å². The van der Waals surface area contributed by atoms with E-state index in [1.807, 2.05) is 73.7 Å². The van der Waals surface area contributed by atoms with Crippen molar-refractivity contribution in [2.75, 3.05) is 6.54 Å². The molecule has 0 saturated carbocycles. The summed E-state index contributed by atoms with van der Waals surface area (Å²) >= 11 is 0. The van der Waals surface area contributed by atoms with Crippen LogP contribution in [0.15, 0.2) is 102 Å². The van der Waals surface area contributed by atoms with Crippen molar-refractivity contribution in [1.82, 2.24) is 10.0 Å². The van der Waals surface area contributed by atoms with Crippen LogP contribution >= 0.6 is 0 Å². The first-order chi connectivity index (χ1) is 14.9. The highest BCUT2D eigenvalue weighted by Crippen LogP contribution is 2.35. The minimum atomic E-state index is -3.97. The molecule has 31 heavy (non-hydrogen) atoms. The lowest BCUT2D eigenvalue weighted by Gasteiger charge is -2.34. The maximum absolute atomic E-state index is 12.6. The van der Waals surface area contributed by atoms with Gasteiger partial charge >= 0.3 is 6.03 Å². The van der Waals surface area contributed by atoms with Gasteiger partial charge in [0.2, 0.25) is 0 Å². The summed E-state index contributed by atoms with van der Waals surface area (Å²) in [4.78, 5) is 12.6. The highest BCUT2D eigenvalue weighted by molar-refractivity contribution is 7.90. The zero-order valence-electron chi connectivity index (χ0n) is 17.4. The lowest BCUT2D eigenvalue weighted by atomic mass is 9.72. The van der Waals surface area contributed by atoms with E-state index in [-0.39, 0.29) is 11.4 Å². The van der Waals surface area contributed by atoms with E-state index in [0.717, 1.165) is 16.7 Å². The third kappa shape index (κ3) is 5.22. The van der Waals surface area contributed by atoms with Gasteiger partial charge in [-0.05, 0) is 36.6 Å². The number of benzene rings is 3. The third-order valence-corrected chi connectivity index (χ3v) is 6.60. The molecule has 0 fully saturated rings. The van der Waals surface area contributed by atoms with Crippen LogP contribution in [0.25, 0.3) is 0 Å². The summed E-state index contributed by atoms with van der Waals surface area (Å²) in [5.74, 6) is 0. The Balaban J connectivity index is 1.86. The van der Waals surface area contributed by atoms with E-state index >= 15 is 0 Å². The van der Waals surface area contributed by atoms with Crippen molar-refractivity contribution in [1.29, 1.82) is 0 Å². The monoisotopic (exact) mass is 434 g/mol. The van der Waals surface area contributed by atoms with Crippen LogP contribution in [0.3, 0.4) is 0 Å². The fourth-order valence-corrected chi connectivity index (χ4v) is 4.53. The number of hydrogen-bond acceptors (Lipinski definition) is 3. The molecule has 2 amide bonds. The maximum atomic E-state index is 12.6. The number of carbonyl (C=O) groups is 1. The number of hydrogen-bond donors (Lipinski definition) is 2. The molecule has 2 N–H and O–H groups in total. The molecule has 0 heterocycles. The molecule has 3 aromatic rings. The Bertz CT molecular complexity index is 1090. The SMILES string of the molecule is C=CCC(CNC(=O)NS(=O)(=O)c1ccc(C)cc1)(c1ccccc1)c1ccccc1. The van der Waals surface area contributed by atoms with Gasteiger partial charge in [0, 0.05) is 12.0 Å². The summed E-state index contributed by atoms with van der Waals surface area (Å²) in [6, 6.07) is 25.2. The van der Waals surface area contributed by atoms with E-state index in [2.05, 4.69) is 16.6 Å². The molecule has 6 heteroatoms. The smallest absolute Gasteiger partial charge is 0.328 e. The van der Waals surface area contributed by atoms with Crippen molar-refractivity contribution in [3.8, 4) is 0 Å². The van der Waals surface area contributed by atoms with Crippen molar-refractivity contribution in [2.45, 2.75) is 23.7 Å². The third-order valence-electron chi connectivity index (χ3n) is 5.25. The highest BCUT2D eigenvalue weighted by atomic mass is 32.2. The molecule has 5 nitrogen and oxygen atoms in total. The summed E-state index contributed by atoms with van der Waals surface area (Å²) in [5.41, 5.74) is 2.35. The predicted molar refractivity (Wildman–Crippen MR) is 123 cm³/mol. The second-order valence-corrected chi connectivity index (χ2v) is 9.09. The van der Waals surface area contributed by atoms with Crippen LogP contribution in [0.1, 0.15) is 23.1 Å². The van der Waals surface area contributed by atoms with Crippen molar-refractivity contribution >= 4 is 16.1 Å². The molecule has 0 aliphatic rings. The molecule has 160 valence electrons. The number of sulfonamides is 1. The van der Waals surface area contributed by atoms with Crippen LogP contribution < -0.4 is 10.0 Å². The average molecular weight is 435 g/mol. The van der Waals surface area contributed by atoms with E-state index in [9.17, 15) is 13.2 Å². The molecule has 0 spiro atoms. The number of allylic oxidation sites excluding steroid dienone is 1. The lowest BCUT2D eigenvalue weighted by Crippen LogP contribution is -2.46. The second-order valence-electron chi connectivity index (χ2n) is 7.41. The minimum Gasteiger partial charge on any atom is -0.336 e. The quantitative estimate of drug-likeness (QED) is 0.511. The first kappa shape index (κ1) is 22.3. The molecule has 0 aliphatic heterocycles. The Kier molecular flexibility index (Phi) is 6.92. The van der Waals surface area contributed by atoms with Gasteiger partial charge in [-0.1, -0.05) is 84.4 Å². The number of urea groups is 1. The summed E-state index contributed by atoms with van der Waals surface area (Å²) in [6.07, 6.45) is 2.37. The molecule has 3 aromatic carbocycles. The summed E-state index contributed by atoms with van der Waals surface area (Å²) in [6.45, 7) is 5.97. The Hall–Kier alpha value is -3.38. The van der Waals surface area contributed by atoms with Crippen molar-refractivity contribution in [3.05, 3.63) is 114 Å². The van der Waals surface area contributed by atoms with Gasteiger partial charge in [-0.2, -0.15) is 0 Å². The average Bonchev–Trinajstić information content (AvgIpc) is 2.78. The number of aryl methyl sites for hydroxylation is 1. The Morgan fingerprint density at radius 1 is 0.903 bits per heavy atom. The highest BCUT2D eigenvalue weighted by Gasteiger charge is 2.34. The molecule has 0 unspecified atom stereocenters. The Morgan fingerprint density at radius 2 is 1.42 bits per heavy atom. The molecular formula is C25H26N2O3S. The van der Waals surface area contributed by atoms with Gasteiger partial charge in [-0.15, -0.1) is 6.58 Å². The number of nitrogens with one attached hydrogen (secondary N) is 2. The molecule has 0 aliphatic carbocycles. The Labute approximate surface area is 183 Å². The van der Waals surface area contributed by atoms with Gasteiger partial charge in [0.1, 0.15) is 0 Å². The van der Waals surface area contributed by atoms with E-state index < -0.39 is 21.5 Å². The molecule has 0 saturated heterocycles. The fourth-order valence-electron chi connectivity index (χ4n) is 3.61. The van der Waals surface area contributed by atoms with Gasteiger partial charge in [0.25, 0.3) is 10.0 Å². The topological polar surface area (TPSA) is 75.3 Å². The molecule has 0 atom stereocenters. The van der Waals surface area contributed by atoms with Gasteiger partial charge in [-0.3, -0.25) is 0 Å². The molecular weight excluding hydrogens is 408 g/mol. The number of carbonyl (C=O) groups excluding carboxylic acids is 1. The van der Waals surface area contributed by atoms with Crippen LogP contribution in [0, 0.1) is 6.92 Å². The van der Waals surface area contributed by atoms with Gasteiger partial charge in [0.15, 0.2) is 0 Å². The predicted octanol–water partition coefficient (Wildman–Crippen LogP) is 4.55. The van der Waals surface area contributed by atoms with Gasteiger partial charge in [-0.25, -0.2) is 17.9 Å². The van der Waals surface area contributed by atoms with Crippen LogP contribution in [0.4, 0.5) is 4.79 Å². The van der Waals surface area contributed by atoms with Crippen molar-refractivity contribution in [3.63, 3.8) is 0 Å². The second kappa shape index (κ2) is 9.62. The van der Waals surface area contributed by atoms with Gasteiger partial charge in [0.05, 0.1) is 4.90 Å². The summed E-state index contributed by atoms with van der Waals surface area (Å²) in [7, 11) is -3.97. The summed E-state index contributed by atoms with van der Waals surface area (Å²) < 4.78 is 27.2. The largest absolute Gasteiger partial charge is 0.336 e. The van der Waals surface area contributed by atoms with E-state index in [4.69, 9.17) is 0 Å². The van der Waals surface area contributed by atoms with Crippen molar-refractivity contribution < 1.29 is 13.2 Å². The molecule has 0 bridgehead atoms. The van der Waals surface area contributed by atoms with Crippen LogP contribution in [-0.2, 0) is 15.4 Å². The van der Waals surface area contributed by atoms with Crippen LogP contribution in [0.5, 0.6) is 0 Å². The normalized spacial score (nSPS) is 11.5. The zero-order valence-corrected chi connectivity index (χ0v) is 18.2. The Morgan fingerprint density at radius 3 is 1.90 bits per heavy atom. The number of rotatable bonds is 8. The maximum Gasteiger partial charge on any atom is 0.328 e. The molecule has 0 radical (unpaired) electrons. The van der Waals surface area contributed by atoms with Crippen LogP contribution in [0.2, 0.25) is 0 Å². The number of amides is 2. The fraction of sp³-hybridized carbons (Fsp3) is 0.160. The first-order valence-electron chi connectivity index (χ1n) is 9.97. The van der Waals surface area contributed by atoms with Gasteiger partial charge < -0.3 is 5.32 Å². The van der Waals surface area contributed by atoms with Crippen LogP contribution in [-0.4, -0.2) is 21.0 Å². The lowest BCUT2D eigenvalue weighted by molar-refractivity contribution is 0.243. The minimum absolute atomic E-state index is 0.0386.